The average molecular weight is 211 g/mol. The van der Waals surface area contributed by atoms with Gasteiger partial charge >= 0.3 is 0 Å². The normalized spacial score (nSPS) is 12.1. The lowest BCUT2D eigenvalue weighted by Gasteiger charge is -2.19. The van der Waals surface area contributed by atoms with E-state index in [1.807, 2.05) is 39.4 Å². The molecule has 15 heavy (non-hydrogen) atoms. The van der Waals surface area contributed by atoms with Gasteiger partial charge in [-0.05, 0) is 34.6 Å². The van der Waals surface area contributed by atoms with Gasteiger partial charge in [0.25, 0.3) is 0 Å². The van der Waals surface area contributed by atoms with Crippen molar-refractivity contribution in [3.05, 3.63) is 17.0 Å². The van der Waals surface area contributed by atoms with E-state index >= 15 is 0 Å². The predicted octanol–water partition coefficient (Wildman–Crippen LogP) is 1.86. The summed E-state index contributed by atoms with van der Waals surface area (Å²) in [5.74, 6) is 0. The summed E-state index contributed by atoms with van der Waals surface area (Å²) in [6, 6.07) is 0. The molecule has 0 aromatic carbocycles. The molecular formula is C11H21N3O. The number of hydroxylamine groups is 1. The lowest BCUT2D eigenvalue weighted by molar-refractivity contribution is -0.0758. The van der Waals surface area contributed by atoms with E-state index < -0.39 is 0 Å². The molecular weight excluding hydrogens is 190 g/mol. The van der Waals surface area contributed by atoms with Crippen molar-refractivity contribution in [3.63, 3.8) is 0 Å². The van der Waals surface area contributed by atoms with Gasteiger partial charge in [-0.3, -0.25) is 9.52 Å². The Bertz CT molecular complexity index is 336. The maximum atomic E-state index is 5.47. The Hall–Kier alpha value is -0.870. The number of nitrogens with zero attached hydrogens (tertiary/aromatic N) is 2. The molecule has 0 bridgehead atoms. The molecule has 1 rings (SSSR count). The third kappa shape index (κ3) is 3.32. The van der Waals surface area contributed by atoms with Gasteiger partial charge in [-0.25, -0.2) is 0 Å². The van der Waals surface area contributed by atoms with Crippen LogP contribution in [-0.4, -0.2) is 15.4 Å². The van der Waals surface area contributed by atoms with Gasteiger partial charge in [0.2, 0.25) is 0 Å². The number of aromatic nitrogens is 2. The molecule has 1 aromatic rings. The first-order chi connectivity index (χ1) is 6.81. The van der Waals surface area contributed by atoms with Crippen LogP contribution in [0.25, 0.3) is 0 Å². The Morgan fingerprint density at radius 1 is 1.33 bits per heavy atom. The fourth-order valence-corrected chi connectivity index (χ4v) is 1.40. The smallest absolute Gasteiger partial charge is 0.0813 e. The second-order valence-electron chi connectivity index (χ2n) is 4.81. The van der Waals surface area contributed by atoms with E-state index in [2.05, 4.69) is 17.5 Å². The molecule has 0 fully saturated rings. The molecule has 1 heterocycles. The van der Waals surface area contributed by atoms with Crippen LogP contribution in [0.2, 0.25) is 0 Å². The number of hydrogen-bond donors (Lipinski definition) is 1. The Kier molecular flexibility index (Phi) is 3.52. The summed E-state index contributed by atoms with van der Waals surface area (Å²) in [4.78, 5) is 5.47. The quantitative estimate of drug-likeness (QED) is 0.776. The van der Waals surface area contributed by atoms with Crippen LogP contribution in [-0.2, 0) is 18.4 Å². The molecule has 0 saturated heterocycles. The van der Waals surface area contributed by atoms with Crippen LogP contribution in [0.15, 0.2) is 0 Å². The molecule has 0 amide bonds. The predicted molar refractivity (Wildman–Crippen MR) is 60.4 cm³/mol. The Morgan fingerprint density at radius 2 is 1.93 bits per heavy atom. The third-order valence-corrected chi connectivity index (χ3v) is 2.29. The zero-order valence-electron chi connectivity index (χ0n) is 10.5. The molecule has 4 nitrogen and oxygen atoms in total. The van der Waals surface area contributed by atoms with Crippen molar-refractivity contribution in [2.24, 2.45) is 7.05 Å². The maximum Gasteiger partial charge on any atom is 0.0813 e. The van der Waals surface area contributed by atoms with Crippen LogP contribution >= 0.6 is 0 Å². The topological polar surface area (TPSA) is 39.1 Å². The van der Waals surface area contributed by atoms with Crippen molar-refractivity contribution in [3.8, 4) is 0 Å². The van der Waals surface area contributed by atoms with E-state index in [1.165, 1.54) is 11.3 Å². The van der Waals surface area contributed by atoms with Crippen LogP contribution in [0, 0.1) is 13.8 Å². The average Bonchev–Trinajstić information content (AvgIpc) is 2.29. The summed E-state index contributed by atoms with van der Waals surface area (Å²) in [6.45, 7) is 10.8. The highest BCUT2D eigenvalue weighted by molar-refractivity contribution is 5.23. The zero-order valence-corrected chi connectivity index (χ0v) is 10.5. The number of rotatable bonds is 3. The van der Waals surface area contributed by atoms with Crippen LogP contribution in [0.4, 0.5) is 0 Å². The first kappa shape index (κ1) is 12.2. The van der Waals surface area contributed by atoms with Gasteiger partial charge in [0, 0.05) is 24.8 Å². The van der Waals surface area contributed by atoms with Crippen LogP contribution < -0.4 is 5.48 Å². The van der Waals surface area contributed by atoms with Gasteiger partial charge in [0.1, 0.15) is 0 Å². The molecule has 0 atom stereocenters. The van der Waals surface area contributed by atoms with Gasteiger partial charge in [-0.1, -0.05) is 0 Å². The molecule has 0 aliphatic rings. The lowest BCUT2D eigenvalue weighted by atomic mass is 10.2. The van der Waals surface area contributed by atoms with Crippen molar-refractivity contribution >= 4 is 0 Å². The van der Waals surface area contributed by atoms with Crippen LogP contribution in [0.3, 0.4) is 0 Å². The summed E-state index contributed by atoms with van der Waals surface area (Å²) < 4.78 is 1.89. The van der Waals surface area contributed by atoms with E-state index in [1.54, 1.807) is 0 Å². The fraction of sp³-hybridized carbons (Fsp3) is 0.727. The Balaban J connectivity index is 2.58. The molecule has 0 spiro atoms. The highest BCUT2D eigenvalue weighted by atomic mass is 16.7. The summed E-state index contributed by atoms with van der Waals surface area (Å²) in [6.07, 6.45) is 0. The summed E-state index contributed by atoms with van der Waals surface area (Å²) in [5, 5.41) is 4.35. The van der Waals surface area contributed by atoms with Crippen molar-refractivity contribution in [2.75, 3.05) is 0 Å². The van der Waals surface area contributed by atoms with E-state index in [-0.39, 0.29) is 5.60 Å². The number of nitrogens with one attached hydrogen (secondary N) is 1. The summed E-state index contributed by atoms with van der Waals surface area (Å²) >= 11 is 0. The second kappa shape index (κ2) is 4.33. The standard InChI is InChI=1S/C11H21N3O/c1-8-10(9(2)14(6)13-8)7-12-15-11(3,4)5/h12H,7H2,1-6H3. The monoisotopic (exact) mass is 211 g/mol. The molecule has 0 aliphatic carbocycles. The number of hydrogen-bond acceptors (Lipinski definition) is 3. The minimum absolute atomic E-state index is 0.163. The highest BCUT2D eigenvalue weighted by Gasteiger charge is 2.12. The van der Waals surface area contributed by atoms with E-state index in [0.29, 0.717) is 6.54 Å². The van der Waals surface area contributed by atoms with Crippen molar-refractivity contribution in [1.29, 1.82) is 0 Å². The highest BCUT2D eigenvalue weighted by Crippen LogP contribution is 2.12. The molecule has 1 aromatic heterocycles. The van der Waals surface area contributed by atoms with Crippen molar-refractivity contribution in [2.45, 2.75) is 46.8 Å². The van der Waals surface area contributed by atoms with Gasteiger partial charge in [-0.15, -0.1) is 0 Å². The molecule has 0 aliphatic heterocycles. The summed E-state index contributed by atoms with van der Waals surface area (Å²) in [7, 11) is 1.95. The fourth-order valence-electron chi connectivity index (χ4n) is 1.40. The minimum atomic E-state index is -0.163. The van der Waals surface area contributed by atoms with E-state index in [0.717, 1.165) is 5.69 Å². The maximum absolute atomic E-state index is 5.47. The second-order valence-corrected chi connectivity index (χ2v) is 4.81. The zero-order chi connectivity index (χ0) is 11.6. The third-order valence-electron chi connectivity index (χ3n) is 2.29. The van der Waals surface area contributed by atoms with Crippen molar-refractivity contribution < 1.29 is 4.84 Å². The first-order valence-electron chi connectivity index (χ1n) is 5.21. The Morgan fingerprint density at radius 3 is 2.33 bits per heavy atom. The first-order valence-corrected chi connectivity index (χ1v) is 5.21. The molecule has 0 saturated carbocycles. The van der Waals surface area contributed by atoms with Gasteiger partial charge in [0.15, 0.2) is 0 Å². The SMILES string of the molecule is Cc1nn(C)c(C)c1CNOC(C)(C)C. The molecule has 4 heteroatoms. The number of aryl methyl sites for hydroxylation is 2. The van der Waals surface area contributed by atoms with Crippen molar-refractivity contribution in [1.82, 2.24) is 15.3 Å². The molecule has 1 N–H and O–H groups in total. The Labute approximate surface area is 91.6 Å². The summed E-state index contributed by atoms with van der Waals surface area (Å²) in [5.41, 5.74) is 6.26. The largest absolute Gasteiger partial charge is 0.296 e. The van der Waals surface area contributed by atoms with Gasteiger partial charge in [0.05, 0.1) is 11.3 Å². The molecule has 0 radical (unpaired) electrons. The lowest BCUT2D eigenvalue weighted by Crippen LogP contribution is -2.29. The van der Waals surface area contributed by atoms with E-state index in [4.69, 9.17) is 4.84 Å². The van der Waals surface area contributed by atoms with E-state index in [9.17, 15) is 0 Å². The molecule has 0 unspecified atom stereocenters. The minimum Gasteiger partial charge on any atom is -0.296 e. The molecule has 86 valence electrons. The van der Waals surface area contributed by atoms with Gasteiger partial charge < -0.3 is 0 Å². The van der Waals surface area contributed by atoms with Crippen LogP contribution in [0.1, 0.15) is 37.7 Å². The van der Waals surface area contributed by atoms with Gasteiger partial charge in [-0.2, -0.15) is 10.6 Å². The van der Waals surface area contributed by atoms with Crippen LogP contribution in [0.5, 0.6) is 0 Å².